The summed E-state index contributed by atoms with van der Waals surface area (Å²) in [5.41, 5.74) is 6.25. The van der Waals surface area contributed by atoms with Gasteiger partial charge in [-0.15, -0.1) is 0 Å². The highest BCUT2D eigenvalue weighted by Gasteiger charge is 2.23. The Morgan fingerprint density at radius 2 is 1.93 bits per heavy atom. The zero-order chi connectivity index (χ0) is 19.5. The van der Waals surface area contributed by atoms with Crippen LogP contribution in [-0.4, -0.2) is 28.8 Å². The van der Waals surface area contributed by atoms with Gasteiger partial charge in [-0.25, -0.2) is 0 Å². The van der Waals surface area contributed by atoms with Crippen LogP contribution in [0.25, 0.3) is 0 Å². The normalized spacial score (nSPS) is 15.5. The minimum absolute atomic E-state index is 0.398. The number of aryl methyl sites for hydroxylation is 1. The van der Waals surface area contributed by atoms with Gasteiger partial charge in [0.2, 0.25) is 0 Å². The van der Waals surface area contributed by atoms with Crippen molar-refractivity contribution >= 4 is 17.1 Å². The van der Waals surface area contributed by atoms with Gasteiger partial charge in [-0.2, -0.15) is 0 Å². The summed E-state index contributed by atoms with van der Waals surface area (Å²) in [6, 6.07) is 18.7. The molecular weight excluding hydrogens is 350 g/mol. The second-order valence-electron chi connectivity index (χ2n) is 7.23. The van der Waals surface area contributed by atoms with Crippen LogP contribution in [0.1, 0.15) is 35.3 Å². The molecule has 28 heavy (non-hydrogen) atoms. The number of nitrogens with zero attached hydrogens (tertiary/aromatic N) is 2. The summed E-state index contributed by atoms with van der Waals surface area (Å²) in [6.45, 7) is 0.742. The number of hydrogen-bond acceptors (Lipinski definition) is 5. The molecule has 0 bridgehead atoms. The Balaban J connectivity index is 1.48. The van der Waals surface area contributed by atoms with Crippen molar-refractivity contribution in [2.45, 2.75) is 25.0 Å². The maximum atomic E-state index is 9.51. The first-order valence-electron chi connectivity index (χ1n) is 9.59. The quantitative estimate of drug-likeness (QED) is 0.569. The highest BCUT2D eigenvalue weighted by molar-refractivity contribution is 5.64. The standard InChI is InChI=1S/C23H25N3O2/c1-26(18-5-3-2-4-6-18)19-9-10-20-16(13-19)7-8-17(20)14-25-22-15-24-12-11-21(22)23(27)28/h2-6,9-13,15,17,23,25,27-28H,7-8,14H2,1H3/t17-/m0/s1. The van der Waals surface area contributed by atoms with Crippen molar-refractivity contribution in [3.63, 3.8) is 0 Å². The van der Waals surface area contributed by atoms with Gasteiger partial charge in [-0.05, 0) is 54.3 Å². The van der Waals surface area contributed by atoms with Crippen LogP contribution in [0.2, 0.25) is 0 Å². The van der Waals surface area contributed by atoms with Gasteiger partial charge in [0.25, 0.3) is 0 Å². The van der Waals surface area contributed by atoms with E-state index in [4.69, 9.17) is 0 Å². The lowest BCUT2D eigenvalue weighted by Crippen LogP contribution is -2.13. The Kier molecular flexibility index (Phi) is 5.28. The fourth-order valence-corrected chi connectivity index (χ4v) is 3.92. The first-order valence-corrected chi connectivity index (χ1v) is 9.59. The minimum Gasteiger partial charge on any atom is -0.383 e. The third-order valence-electron chi connectivity index (χ3n) is 5.53. The van der Waals surface area contributed by atoms with Gasteiger partial charge in [-0.1, -0.05) is 24.3 Å². The van der Waals surface area contributed by atoms with Crippen molar-refractivity contribution in [1.29, 1.82) is 0 Å². The van der Waals surface area contributed by atoms with E-state index in [0.29, 0.717) is 17.2 Å². The van der Waals surface area contributed by atoms with Gasteiger partial charge in [0, 0.05) is 42.6 Å². The number of nitrogens with one attached hydrogen (secondary N) is 1. The van der Waals surface area contributed by atoms with Crippen molar-refractivity contribution in [2.24, 2.45) is 0 Å². The number of fused-ring (bicyclic) bond motifs is 1. The molecule has 3 N–H and O–H groups in total. The lowest BCUT2D eigenvalue weighted by molar-refractivity contribution is -0.0419. The predicted octanol–water partition coefficient (Wildman–Crippen LogP) is 3.97. The molecule has 1 aliphatic carbocycles. The highest BCUT2D eigenvalue weighted by atomic mass is 16.5. The van der Waals surface area contributed by atoms with Crippen molar-refractivity contribution in [2.75, 3.05) is 23.8 Å². The lowest BCUT2D eigenvalue weighted by Gasteiger charge is -2.21. The molecule has 0 saturated heterocycles. The fraction of sp³-hybridized carbons (Fsp3) is 0.261. The minimum atomic E-state index is -1.50. The molecule has 1 aliphatic rings. The Labute approximate surface area is 165 Å². The SMILES string of the molecule is CN(c1ccccc1)c1ccc2c(c1)CC[C@H]2CNc1cnccc1C(O)O. The molecule has 3 aromatic rings. The molecule has 2 aromatic carbocycles. The Morgan fingerprint density at radius 3 is 2.71 bits per heavy atom. The van der Waals surface area contributed by atoms with Crippen LogP contribution in [0, 0.1) is 0 Å². The summed E-state index contributed by atoms with van der Waals surface area (Å²) in [7, 11) is 2.09. The number of benzene rings is 2. The highest BCUT2D eigenvalue weighted by Crippen LogP contribution is 2.37. The molecule has 4 rings (SSSR count). The van der Waals surface area contributed by atoms with Crippen LogP contribution in [0.5, 0.6) is 0 Å². The molecule has 1 aromatic heterocycles. The summed E-state index contributed by atoms with van der Waals surface area (Å²) >= 11 is 0. The monoisotopic (exact) mass is 375 g/mol. The van der Waals surface area contributed by atoms with E-state index in [-0.39, 0.29) is 0 Å². The molecule has 5 nitrogen and oxygen atoms in total. The van der Waals surface area contributed by atoms with E-state index in [2.05, 4.69) is 64.7 Å². The topological polar surface area (TPSA) is 68.6 Å². The molecule has 5 heteroatoms. The zero-order valence-corrected chi connectivity index (χ0v) is 15.9. The van der Waals surface area contributed by atoms with Gasteiger partial charge in [0.05, 0.1) is 11.9 Å². The Hall–Kier alpha value is -2.89. The van der Waals surface area contributed by atoms with E-state index in [0.717, 1.165) is 19.4 Å². The van der Waals surface area contributed by atoms with E-state index in [1.165, 1.54) is 22.5 Å². The van der Waals surface area contributed by atoms with Crippen LogP contribution in [0.4, 0.5) is 17.1 Å². The van der Waals surface area contributed by atoms with E-state index < -0.39 is 6.29 Å². The lowest BCUT2D eigenvalue weighted by atomic mass is 10.0. The van der Waals surface area contributed by atoms with Gasteiger partial charge < -0.3 is 20.4 Å². The summed E-state index contributed by atoms with van der Waals surface area (Å²) in [4.78, 5) is 6.29. The molecule has 0 spiro atoms. The maximum absolute atomic E-state index is 9.51. The summed E-state index contributed by atoms with van der Waals surface area (Å²) < 4.78 is 0. The van der Waals surface area contributed by atoms with Crippen LogP contribution in [0.15, 0.2) is 67.0 Å². The van der Waals surface area contributed by atoms with Gasteiger partial charge in [0.15, 0.2) is 6.29 Å². The number of anilines is 3. The number of hydrogen-bond donors (Lipinski definition) is 3. The molecule has 0 saturated carbocycles. The predicted molar refractivity (Wildman–Crippen MR) is 112 cm³/mol. The first kappa shape index (κ1) is 18.5. The van der Waals surface area contributed by atoms with Gasteiger partial charge in [0.1, 0.15) is 0 Å². The first-order chi connectivity index (χ1) is 13.6. The fourth-order valence-electron chi connectivity index (χ4n) is 3.92. The van der Waals surface area contributed by atoms with Crippen molar-refractivity contribution in [3.8, 4) is 0 Å². The number of para-hydroxylation sites is 1. The number of aromatic nitrogens is 1. The molecule has 0 aliphatic heterocycles. The molecule has 0 fully saturated rings. The Bertz CT molecular complexity index is 944. The van der Waals surface area contributed by atoms with Crippen molar-refractivity contribution in [1.82, 2.24) is 4.98 Å². The number of aliphatic hydroxyl groups excluding tert-OH is 1. The number of aliphatic hydroxyl groups is 2. The third-order valence-corrected chi connectivity index (χ3v) is 5.53. The zero-order valence-electron chi connectivity index (χ0n) is 15.9. The van der Waals surface area contributed by atoms with E-state index in [9.17, 15) is 10.2 Å². The summed E-state index contributed by atoms with van der Waals surface area (Å²) in [5.74, 6) is 0.398. The molecule has 1 heterocycles. The molecule has 0 radical (unpaired) electrons. The largest absolute Gasteiger partial charge is 0.383 e. The second kappa shape index (κ2) is 8.00. The number of rotatable bonds is 6. The van der Waals surface area contributed by atoms with Crippen LogP contribution in [-0.2, 0) is 6.42 Å². The van der Waals surface area contributed by atoms with Crippen molar-refractivity contribution < 1.29 is 10.2 Å². The van der Waals surface area contributed by atoms with Gasteiger partial charge >= 0.3 is 0 Å². The van der Waals surface area contributed by atoms with Crippen molar-refractivity contribution in [3.05, 3.63) is 83.7 Å². The molecule has 144 valence electrons. The van der Waals surface area contributed by atoms with E-state index in [1.807, 2.05) is 6.07 Å². The molecule has 0 unspecified atom stereocenters. The second-order valence-corrected chi connectivity index (χ2v) is 7.23. The molecular formula is C23H25N3O2. The maximum Gasteiger partial charge on any atom is 0.180 e. The average molecular weight is 375 g/mol. The van der Waals surface area contributed by atoms with Crippen LogP contribution < -0.4 is 10.2 Å². The molecule has 1 atom stereocenters. The third kappa shape index (κ3) is 3.72. The average Bonchev–Trinajstić information content (AvgIpc) is 3.14. The van der Waals surface area contributed by atoms with E-state index >= 15 is 0 Å². The van der Waals surface area contributed by atoms with Crippen LogP contribution in [0.3, 0.4) is 0 Å². The summed E-state index contributed by atoms with van der Waals surface area (Å²) in [5, 5.41) is 22.4. The summed E-state index contributed by atoms with van der Waals surface area (Å²) in [6.07, 6.45) is 3.84. The smallest absolute Gasteiger partial charge is 0.180 e. The van der Waals surface area contributed by atoms with Gasteiger partial charge in [-0.3, -0.25) is 4.98 Å². The van der Waals surface area contributed by atoms with Crippen LogP contribution >= 0.6 is 0 Å². The molecule has 0 amide bonds. The van der Waals surface area contributed by atoms with E-state index in [1.54, 1.807) is 18.5 Å². The Morgan fingerprint density at radius 1 is 1.11 bits per heavy atom. The number of pyridine rings is 1.